The van der Waals surface area contributed by atoms with Gasteiger partial charge in [-0.05, 0) is 48.2 Å². The highest BCUT2D eigenvalue weighted by Gasteiger charge is 2.42. The minimum absolute atomic E-state index is 0.0699. The van der Waals surface area contributed by atoms with Crippen molar-refractivity contribution in [3.05, 3.63) is 99.5 Å². The first-order valence-electron chi connectivity index (χ1n) is 9.18. The van der Waals surface area contributed by atoms with Crippen LogP contribution in [0.2, 0.25) is 10.0 Å². The molecule has 0 bridgehead atoms. The van der Waals surface area contributed by atoms with Crippen LogP contribution in [0.1, 0.15) is 29.2 Å². The summed E-state index contributed by atoms with van der Waals surface area (Å²) in [5.74, 6) is 0.304. The average molecular weight is 393 g/mol. The summed E-state index contributed by atoms with van der Waals surface area (Å²) in [4.78, 5) is 0. The van der Waals surface area contributed by atoms with Crippen molar-refractivity contribution >= 4 is 34.6 Å². The molecule has 1 heterocycles. The molecule has 2 aliphatic rings. The second kappa shape index (κ2) is 6.70. The lowest BCUT2D eigenvalue weighted by Gasteiger charge is -2.31. The first-order valence-corrected chi connectivity index (χ1v) is 9.94. The van der Waals surface area contributed by atoms with E-state index in [0.717, 1.165) is 29.8 Å². The molecule has 3 aromatic rings. The van der Waals surface area contributed by atoms with Crippen LogP contribution in [0.25, 0.3) is 0 Å². The van der Waals surface area contributed by atoms with E-state index in [1.54, 1.807) is 0 Å². The number of hydrazone groups is 1. The quantitative estimate of drug-likeness (QED) is 0.484. The molecule has 0 fully saturated rings. The zero-order chi connectivity index (χ0) is 18.4. The van der Waals surface area contributed by atoms with Crippen LogP contribution in [-0.2, 0) is 6.42 Å². The third kappa shape index (κ3) is 2.84. The maximum atomic E-state index is 6.63. The normalized spacial score (nSPS) is 20.8. The van der Waals surface area contributed by atoms with Crippen LogP contribution in [0.3, 0.4) is 0 Å². The zero-order valence-corrected chi connectivity index (χ0v) is 16.2. The van der Waals surface area contributed by atoms with Gasteiger partial charge in [0.1, 0.15) is 0 Å². The van der Waals surface area contributed by atoms with Gasteiger partial charge in [-0.3, -0.25) is 5.01 Å². The third-order valence-corrected chi connectivity index (χ3v) is 6.09. The highest BCUT2D eigenvalue weighted by molar-refractivity contribution is 6.35. The largest absolute Gasteiger partial charge is 0.257 e. The van der Waals surface area contributed by atoms with Crippen molar-refractivity contribution in [2.24, 2.45) is 11.0 Å². The van der Waals surface area contributed by atoms with Crippen LogP contribution in [0.4, 0.5) is 5.69 Å². The number of anilines is 1. The number of aryl methyl sites for hydroxylation is 1. The minimum atomic E-state index is 0.0699. The number of benzene rings is 3. The predicted octanol–water partition coefficient (Wildman–Crippen LogP) is 6.52. The highest BCUT2D eigenvalue weighted by atomic mass is 35.5. The Balaban J connectivity index is 1.67. The van der Waals surface area contributed by atoms with Gasteiger partial charge in [-0.1, -0.05) is 71.7 Å². The predicted molar refractivity (Wildman–Crippen MR) is 113 cm³/mol. The summed E-state index contributed by atoms with van der Waals surface area (Å²) in [6, 6.07) is 24.8. The van der Waals surface area contributed by atoms with Gasteiger partial charge in [0, 0.05) is 21.5 Å². The van der Waals surface area contributed by atoms with E-state index in [-0.39, 0.29) is 6.04 Å². The Kier molecular flexibility index (Phi) is 4.18. The van der Waals surface area contributed by atoms with Crippen LogP contribution in [0.15, 0.2) is 77.9 Å². The Labute approximate surface area is 169 Å². The summed E-state index contributed by atoms with van der Waals surface area (Å²) in [6.45, 7) is 0. The third-order valence-electron chi connectivity index (χ3n) is 5.53. The summed E-state index contributed by atoms with van der Waals surface area (Å²) in [7, 11) is 0. The fourth-order valence-electron chi connectivity index (χ4n) is 4.31. The van der Waals surface area contributed by atoms with Gasteiger partial charge < -0.3 is 0 Å². The Morgan fingerprint density at radius 1 is 0.889 bits per heavy atom. The van der Waals surface area contributed by atoms with Crippen molar-refractivity contribution in [1.82, 2.24) is 0 Å². The smallest absolute Gasteiger partial charge is 0.0874 e. The van der Waals surface area contributed by atoms with Crippen LogP contribution in [0, 0.1) is 5.92 Å². The lowest BCUT2D eigenvalue weighted by atomic mass is 9.77. The standard InChI is InChI=1S/C23H18Cl2N2/c24-16-11-13-19(21(25)14-16)23-20-12-10-15-6-4-5-9-18(15)22(20)26-27(23)17-7-2-1-3-8-17/h1-9,11,13-14,20,23H,10,12H2/t20-,23-/m0/s1. The molecule has 0 saturated heterocycles. The molecule has 2 atom stereocenters. The topological polar surface area (TPSA) is 15.6 Å². The first kappa shape index (κ1) is 16.9. The van der Waals surface area contributed by atoms with Gasteiger partial charge in [-0.15, -0.1) is 0 Å². The maximum absolute atomic E-state index is 6.63. The van der Waals surface area contributed by atoms with E-state index in [9.17, 15) is 0 Å². The number of para-hydroxylation sites is 1. The summed E-state index contributed by atoms with van der Waals surface area (Å²) in [5, 5.41) is 8.59. The molecule has 5 rings (SSSR count). The van der Waals surface area contributed by atoms with Gasteiger partial charge in [0.05, 0.1) is 17.4 Å². The van der Waals surface area contributed by atoms with Gasteiger partial charge in [-0.25, -0.2) is 0 Å². The lowest BCUT2D eigenvalue weighted by molar-refractivity contribution is 0.510. The van der Waals surface area contributed by atoms with Gasteiger partial charge in [0.25, 0.3) is 0 Å². The summed E-state index contributed by atoms with van der Waals surface area (Å²) >= 11 is 12.8. The van der Waals surface area contributed by atoms with E-state index in [0.29, 0.717) is 16.0 Å². The fraction of sp³-hybridized carbons (Fsp3) is 0.174. The summed E-state index contributed by atoms with van der Waals surface area (Å²) in [5.41, 5.74) is 5.96. The highest BCUT2D eigenvalue weighted by Crippen LogP contribution is 2.47. The molecule has 27 heavy (non-hydrogen) atoms. The second-order valence-electron chi connectivity index (χ2n) is 7.08. The zero-order valence-electron chi connectivity index (χ0n) is 14.6. The van der Waals surface area contributed by atoms with E-state index in [1.807, 2.05) is 36.4 Å². The van der Waals surface area contributed by atoms with E-state index < -0.39 is 0 Å². The molecule has 0 N–H and O–H groups in total. The first-order chi connectivity index (χ1) is 13.2. The van der Waals surface area contributed by atoms with Crippen LogP contribution in [-0.4, -0.2) is 5.71 Å². The van der Waals surface area contributed by atoms with E-state index >= 15 is 0 Å². The number of hydrogen-bond donors (Lipinski definition) is 0. The molecule has 134 valence electrons. The van der Waals surface area contributed by atoms with Crippen LogP contribution < -0.4 is 5.01 Å². The molecule has 0 spiro atoms. The van der Waals surface area contributed by atoms with Gasteiger partial charge in [0.15, 0.2) is 0 Å². The van der Waals surface area contributed by atoms with Crippen molar-refractivity contribution < 1.29 is 0 Å². The van der Waals surface area contributed by atoms with E-state index in [4.69, 9.17) is 28.3 Å². The van der Waals surface area contributed by atoms with Crippen LogP contribution >= 0.6 is 23.2 Å². The van der Waals surface area contributed by atoms with Gasteiger partial charge >= 0.3 is 0 Å². The number of fused-ring (bicyclic) bond motifs is 3. The molecule has 4 heteroatoms. The molecule has 0 saturated carbocycles. The second-order valence-corrected chi connectivity index (χ2v) is 7.92. The molecule has 3 aromatic carbocycles. The van der Waals surface area contributed by atoms with Crippen LogP contribution in [0.5, 0.6) is 0 Å². The van der Waals surface area contributed by atoms with Crippen molar-refractivity contribution in [2.75, 3.05) is 5.01 Å². The summed E-state index contributed by atoms with van der Waals surface area (Å²) < 4.78 is 0. The lowest BCUT2D eigenvalue weighted by Crippen LogP contribution is -2.29. The van der Waals surface area contributed by atoms with Gasteiger partial charge in [0.2, 0.25) is 0 Å². The molecule has 0 aromatic heterocycles. The average Bonchev–Trinajstić information content (AvgIpc) is 3.08. The molecule has 0 amide bonds. The Hall–Kier alpha value is -2.29. The molecule has 1 aliphatic carbocycles. The number of nitrogens with zero attached hydrogens (tertiary/aromatic N) is 2. The summed E-state index contributed by atoms with van der Waals surface area (Å²) in [6.07, 6.45) is 2.12. The molecule has 2 nitrogen and oxygen atoms in total. The monoisotopic (exact) mass is 392 g/mol. The van der Waals surface area contributed by atoms with Gasteiger partial charge in [-0.2, -0.15) is 5.10 Å². The number of halogens is 2. The van der Waals surface area contributed by atoms with Crippen molar-refractivity contribution in [1.29, 1.82) is 0 Å². The Morgan fingerprint density at radius 2 is 1.67 bits per heavy atom. The molecule has 1 aliphatic heterocycles. The van der Waals surface area contributed by atoms with Crippen molar-refractivity contribution in [3.8, 4) is 0 Å². The Bertz CT molecular complexity index is 1030. The molecule has 0 unspecified atom stereocenters. The van der Waals surface area contributed by atoms with Crippen molar-refractivity contribution in [2.45, 2.75) is 18.9 Å². The van der Waals surface area contributed by atoms with E-state index in [2.05, 4.69) is 41.4 Å². The molecule has 0 radical (unpaired) electrons. The van der Waals surface area contributed by atoms with Crippen molar-refractivity contribution in [3.63, 3.8) is 0 Å². The fourth-order valence-corrected chi connectivity index (χ4v) is 4.83. The SMILES string of the molecule is Clc1ccc([C@H]2[C@H]3CCc4ccccc4C3=NN2c2ccccc2)c(Cl)c1. The number of hydrogen-bond acceptors (Lipinski definition) is 2. The van der Waals surface area contributed by atoms with E-state index in [1.165, 1.54) is 11.1 Å². The maximum Gasteiger partial charge on any atom is 0.0874 e. The number of rotatable bonds is 2. The minimum Gasteiger partial charge on any atom is -0.257 e. The Morgan fingerprint density at radius 3 is 2.48 bits per heavy atom. The molecular formula is C23H18Cl2N2. The molecular weight excluding hydrogens is 375 g/mol.